The number of carbonyl (C=O) groups is 1. The van der Waals surface area contributed by atoms with Crippen molar-refractivity contribution in [3.05, 3.63) is 41.0 Å². The van der Waals surface area contributed by atoms with Crippen LogP contribution < -0.4 is 0 Å². The molecule has 0 unspecified atom stereocenters. The fraction of sp³-hybridized carbons (Fsp3) is 0.182. The number of carboxylic acid groups (broad SMARTS) is 1. The number of aliphatic carboxylic acids is 1. The molecule has 4 nitrogen and oxygen atoms in total. The Bertz CT molecular complexity index is 436. The highest BCUT2D eigenvalue weighted by molar-refractivity contribution is 5.94. The lowest BCUT2D eigenvalue weighted by Gasteiger charge is -2.25. The third-order valence-electron chi connectivity index (χ3n) is 2.49. The highest BCUT2D eigenvalue weighted by Crippen LogP contribution is 2.31. The van der Waals surface area contributed by atoms with Gasteiger partial charge in [-0.25, -0.2) is 4.79 Å². The van der Waals surface area contributed by atoms with Gasteiger partial charge in [-0.05, 0) is 17.2 Å². The molecule has 0 saturated carbocycles. The molecule has 4 heteroatoms. The summed E-state index contributed by atoms with van der Waals surface area (Å²) in [6.45, 7) is 0. The van der Waals surface area contributed by atoms with Crippen LogP contribution in [0.1, 0.15) is 17.2 Å². The normalized spacial score (nSPS) is 24.3. The second-order valence-electron chi connectivity index (χ2n) is 3.42. The van der Waals surface area contributed by atoms with Crippen LogP contribution in [-0.4, -0.2) is 27.4 Å². The summed E-state index contributed by atoms with van der Waals surface area (Å²) in [6, 6.07) is 6.85. The van der Waals surface area contributed by atoms with Crippen LogP contribution in [0.2, 0.25) is 0 Å². The van der Waals surface area contributed by atoms with Crippen molar-refractivity contribution >= 4 is 12.0 Å². The lowest BCUT2D eigenvalue weighted by molar-refractivity contribution is -0.134. The van der Waals surface area contributed by atoms with Gasteiger partial charge < -0.3 is 15.3 Å². The Morgan fingerprint density at radius 3 is 2.47 bits per heavy atom. The van der Waals surface area contributed by atoms with Crippen LogP contribution in [0.15, 0.2) is 29.8 Å². The van der Waals surface area contributed by atoms with Crippen LogP contribution in [0.5, 0.6) is 0 Å². The van der Waals surface area contributed by atoms with Crippen LogP contribution in [0.3, 0.4) is 0 Å². The Kier molecular flexibility index (Phi) is 2.30. The molecular weight excluding hydrogens is 196 g/mol. The van der Waals surface area contributed by atoms with Crippen LogP contribution >= 0.6 is 0 Å². The smallest absolute Gasteiger partial charge is 0.334 e. The van der Waals surface area contributed by atoms with Crippen molar-refractivity contribution in [2.24, 2.45) is 0 Å². The van der Waals surface area contributed by atoms with Gasteiger partial charge in [0.15, 0.2) is 0 Å². The maximum atomic E-state index is 10.8. The predicted octanol–water partition coefficient (Wildman–Crippen LogP) is 0.562. The van der Waals surface area contributed by atoms with Crippen molar-refractivity contribution < 1.29 is 20.1 Å². The van der Waals surface area contributed by atoms with Crippen molar-refractivity contribution in [1.29, 1.82) is 0 Å². The Balaban J connectivity index is 2.57. The summed E-state index contributed by atoms with van der Waals surface area (Å²) in [7, 11) is 0. The first-order valence-corrected chi connectivity index (χ1v) is 4.51. The van der Waals surface area contributed by atoms with Gasteiger partial charge in [0.05, 0.1) is 5.57 Å². The van der Waals surface area contributed by atoms with Crippen molar-refractivity contribution in [2.75, 3.05) is 0 Å². The van der Waals surface area contributed by atoms with Crippen LogP contribution in [0, 0.1) is 0 Å². The zero-order valence-corrected chi connectivity index (χ0v) is 7.79. The minimum absolute atomic E-state index is 0.179. The summed E-state index contributed by atoms with van der Waals surface area (Å²) in [5.41, 5.74) is 1.00. The molecule has 2 atom stereocenters. The number of rotatable bonds is 1. The van der Waals surface area contributed by atoms with Gasteiger partial charge in [-0.15, -0.1) is 0 Å². The van der Waals surface area contributed by atoms with E-state index in [0.717, 1.165) is 0 Å². The SMILES string of the molecule is O=C(O)C1=Cc2ccccc2[C@H](O)[C@@H]1O. The van der Waals surface area contributed by atoms with Gasteiger partial charge in [0.25, 0.3) is 0 Å². The van der Waals surface area contributed by atoms with Gasteiger partial charge in [0.2, 0.25) is 0 Å². The lowest BCUT2D eigenvalue weighted by atomic mass is 9.88. The second-order valence-corrected chi connectivity index (χ2v) is 3.42. The van der Waals surface area contributed by atoms with E-state index >= 15 is 0 Å². The molecule has 2 rings (SSSR count). The summed E-state index contributed by atoms with van der Waals surface area (Å²) >= 11 is 0. The summed E-state index contributed by atoms with van der Waals surface area (Å²) in [5, 5.41) is 28.1. The van der Waals surface area contributed by atoms with E-state index in [1.165, 1.54) is 6.08 Å². The number of carboxylic acids is 1. The molecule has 0 saturated heterocycles. The van der Waals surface area contributed by atoms with Crippen molar-refractivity contribution in [2.45, 2.75) is 12.2 Å². The zero-order chi connectivity index (χ0) is 11.0. The first kappa shape index (κ1) is 9.89. The Labute approximate surface area is 86.1 Å². The summed E-state index contributed by atoms with van der Waals surface area (Å²) in [5.74, 6) is -1.21. The predicted molar refractivity (Wildman–Crippen MR) is 53.0 cm³/mol. The average Bonchev–Trinajstić information content (AvgIpc) is 2.23. The first-order valence-electron chi connectivity index (χ1n) is 4.51. The van der Waals surface area contributed by atoms with E-state index in [9.17, 15) is 15.0 Å². The van der Waals surface area contributed by atoms with Gasteiger partial charge in [0.1, 0.15) is 12.2 Å². The second kappa shape index (κ2) is 3.49. The molecule has 0 aromatic heterocycles. The average molecular weight is 206 g/mol. The summed E-state index contributed by atoms with van der Waals surface area (Å²) < 4.78 is 0. The van der Waals surface area contributed by atoms with E-state index < -0.39 is 18.2 Å². The molecule has 78 valence electrons. The van der Waals surface area contributed by atoms with Gasteiger partial charge in [-0.3, -0.25) is 0 Å². The number of aliphatic hydroxyl groups excluding tert-OH is 2. The van der Waals surface area contributed by atoms with E-state index in [0.29, 0.717) is 11.1 Å². The van der Waals surface area contributed by atoms with Gasteiger partial charge in [0, 0.05) is 0 Å². The standard InChI is InChI=1S/C11H10O4/c12-9-7-4-2-1-3-6(7)5-8(10(9)13)11(14)15/h1-5,9-10,12-13H,(H,14,15)/t9-,10+/m0/s1. The third kappa shape index (κ3) is 1.54. The third-order valence-corrected chi connectivity index (χ3v) is 2.49. The van der Waals surface area contributed by atoms with Crippen molar-refractivity contribution in [1.82, 2.24) is 0 Å². The molecule has 0 radical (unpaired) electrons. The van der Waals surface area contributed by atoms with E-state index in [1.807, 2.05) is 0 Å². The molecule has 1 aromatic rings. The molecule has 0 amide bonds. The topological polar surface area (TPSA) is 77.8 Å². The molecule has 3 N–H and O–H groups in total. The molecule has 0 aliphatic heterocycles. The molecule has 0 bridgehead atoms. The minimum atomic E-state index is -1.36. The fourth-order valence-corrected chi connectivity index (χ4v) is 1.69. The highest BCUT2D eigenvalue weighted by atomic mass is 16.4. The number of hydrogen-bond acceptors (Lipinski definition) is 3. The van der Waals surface area contributed by atoms with E-state index in [1.54, 1.807) is 24.3 Å². The van der Waals surface area contributed by atoms with E-state index in [2.05, 4.69) is 0 Å². The lowest BCUT2D eigenvalue weighted by Crippen LogP contribution is -2.28. The van der Waals surface area contributed by atoms with Gasteiger partial charge >= 0.3 is 5.97 Å². The Hall–Kier alpha value is -1.65. The van der Waals surface area contributed by atoms with Crippen LogP contribution in [0.4, 0.5) is 0 Å². The summed E-state index contributed by atoms with van der Waals surface area (Å²) in [6.07, 6.45) is -1.15. The highest BCUT2D eigenvalue weighted by Gasteiger charge is 2.31. The molecule has 0 heterocycles. The van der Waals surface area contributed by atoms with Gasteiger partial charge in [-0.1, -0.05) is 24.3 Å². The maximum absolute atomic E-state index is 10.8. The Morgan fingerprint density at radius 1 is 1.13 bits per heavy atom. The van der Waals surface area contributed by atoms with E-state index in [4.69, 9.17) is 5.11 Å². The number of aliphatic hydroxyl groups is 2. The molecule has 1 aromatic carbocycles. The minimum Gasteiger partial charge on any atom is -0.478 e. The molecular formula is C11H10O4. The van der Waals surface area contributed by atoms with Crippen molar-refractivity contribution in [3.63, 3.8) is 0 Å². The first-order chi connectivity index (χ1) is 7.11. The number of hydrogen-bond donors (Lipinski definition) is 3. The number of benzene rings is 1. The fourth-order valence-electron chi connectivity index (χ4n) is 1.69. The molecule has 1 aliphatic rings. The molecule has 0 spiro atoms. The largest absolute Gasteiger partial charge is 0.478 e. The molecule has 0 fully saturated rings. The van der Waals surface area contributed by atoms with Crippen LogP contribution in [0.25, 0.3) is 6.08 Å². The maximum Gasteiger partial charge on any atom is 0.334 e. The summed E-state index contributed by atoms with van der Waals surface area (Å²) in [4.78, 5) is 10.8. The van der Waals surface area contributed by atoms with Crippen molar-refractivity contribution in [3.8, 4) is 0 Å². The quantitative estimate of drug-likeness (QED) is 0.627. The monoisotopic (exact) mass is 206 g/mol. The number of fused-ring (bicyclic) bond motifs is 1. The zero-order valence-electron chi connectivity index (χ0n) is 7.79. The van der Waals surface area contributed by atoms with E-state index in [-0.39, 0.29) is 5.57 Å². The van der Waals surface area contributed by atoms with Gasteiger partial charge in [-0.2, -0.15) is 0 Å². The Morgan fingerprint density at radius 2 is 1.80 bits per heavy atom. The van der Waals surface area contributed by atoms with Crippen LogP contribution in [-0.2, 0) is 4.79 Å². The molecule has 15 heavy (non-hydrogen) atoms. The molecule has 1 aliphatic carbocycles.